The van der Waals surface area contributed by atoms with Gasteiger partial charge in [0.05, 0.1) is 13.2 Å². The highest BCUT2D eigenvalue weighted by atomic mass is 16.5. The Morgan fingerprint density at radius 3 is 3.20 bits per heavy atom. The largest absolute Gasteiger partial charge is 0.493 e. The maximum atomic E-state index is 5.73. The molecule has 0 saturated heterocycles. The van der Waals surface area contributed by atoms with E-state index < -0.39 is 0 Å². The average molecular weight is 271 g/mol. The van der Waals surface area contributed by atoms with Crippen LogP contribution in [0.4, 0.5) is 0 Å². The van der Waals surface area contributed by atoms with Gasteiger partial charge in [-0.1, -0.05) is 25.1 Å². The van der Waals surface area contributed by atoms with Crippen LogP contribution in [0.2, 0.25) is 0 Å². The summed E-state index contributed by atoms with van der Waals surface area (Å²) in [6, 6.07) is 8.37. The van der Waals surface area contributed by atoms with Crippen LogP contribution in [0.25, 0.3) is 0 Å². The molecule has 1 aliphatic heterocycles. The van der Waals surface area contributed by atoms with Crippen LogP contribution in [0.1, 0.15) is 30.7 Å². The quantitative estimate of drug-likeness (QED) is 0.908. The van der Waals surface area contributed by atoms with E-state index in [0.717, 1.165) is 44.2 Å². The number of imidazole rings is 1. The summed E-state index contributed by atoms with van der Waals surface area (Å²) in [5.41, 5.74) is 1.32. The van der Waals surface area contributed by atoms with E-state index in [1.54, 1.807) is 0 Å². The molecule has 1 aromatic carbocycles. The zero-order valence-electron chi connectivity index (χ0n) is 11.9. The third-order valence-corrected chi connectivity index (χ3v) is 3.83. The Balaban J connectivity index is 1.77. The molecule has 1 aliphatic rings. The minimum atomic E-state index is 0.509. The second kappa shape index (κ2) is 6.09. The number of nitrogens with one attached hydrogen (secondary N) is 1. The predicted molar refractivity (Wildman–Crippen MR) is 78.9 cm³/mol. The van der Waals surface area contributed by atoms with Gasteiger partial charge in [-0.2, -0.15) is 0 Å². The van der Waals surface area contributed by atoms with E-state index in [1.807, 2.05) is 12.3 Å². The molecule has 4 nitrogen and oxygen atoms in total. The first-order valence-corrected chi connectivity index (χ1v) is 7.31. The van der Waals surface area contributed by atoms with Gasteiger partial charge in [-0.25, -0.2) is 4.98 Å². The van der Waals surface area contributed by atoms with Gasteiger partial charge < -0.3 is 14.6 Å². The molecule has 0 aliphatic carbocycles. The molecule has 2 heterocycles. The molecule has 0 amide bonds. The van der Waals surface area contributed by atoms with Gasteiger partial charge in [-0.15, -0.1) is 0 Å². The molecule has 1 aromatic heterocycles. The summed E-state index contributed by atoms with van der Waals surface area (Å²) in [5.74, 6) is 2.66. The molecule has 3 rings (SSSR count). The highest BCUT2D eigenvalue weighted by Gasteiger charge is 2.21. The molecule has 1 unspecified atom stereocenters. The van der Waals surface area contributed by atoms with E-state index in [0.29, 0.717) is 5.92 Å². The minimum absolute atomic E-state index is 0.509. The number of fused-ring (bicyclic) bond motifs is 1. The molecular weight excluding hydrogens is 250 g/mol. The summed E-state index contributed by atoms with van der Waals surface area (Å²) in [5, 5.41) is 3.34. The molecule has 4 heteroatoms. The summed E-state index contributed by atoms with van der Waals surface area (Å²) in [6.45, 7) is 5.68. The lowest BCUT2D eigenvalue weighted by molar-refractivity contribution is 0.258. The second-order valence-electron chi connectivity index (χ2n) is 5.15. The van der Waals surface area contributed by atoms with Gasteiger partial charge in [-0.3, -0.25) is 0 Å². The van der Waals surface area contributed by atoms with Crippen LogP contribution in [0.5, 0.6) is 5.75 Å². The van der Waals surface area contributed by atoms with Crippen LogP contribution in [-0.2, 0) is 13.1 Å². The Bertz CT molecular complexity index is 564. The summed E-state index contributed by atoms with van der Waals surface area (Å²) in [6.07, 6.45) is 5.03. The van der Waals surface area contributed by atoms with Crippen LogP contribution in [0.15, 0.2) is 36.7 Å². The van der Waals surface area contributed by atoms with Crippen LogP contribution in [0.3, 0.4) is 0 Å². The van der Waals surface area contributed by atoms with E-state index in [1.165, 1.54) is 5.56 Å². The Kier molecular flexibility index (Phi) is 4.02. The van der Waals surface area contributed by atoms with Crippen molar-refractivity contribution >= 4 is 0 Å². The van der Waals surface area contributed by atoms with Crippen molar-refractivity contribution in [3.63, 3.8) is 0 Å². The van der Waals surface area contributed by atoms with Crippen molar-refractivity contribution in [2.24, 2.45) is 0 Å². The number of ether oxygens (including phenoxy) is 1. The average Bonchev–Trinajstić information content (AvgIpc) is 2.93. The van der Waals surface area contributed by atoms with Crippen LogP contribution in [-0.4, -0.2) is 22.7 Å². The van der Waals surface area contributed by atoms with Crippen molar-refractivity contribution in [3.8, 4) is 5.75 Å². The molecule has 1 atom stereocenters. The van der Waals surface area contributed by atoms with Gasteiger partial charge in [0, 0.05) is 24.9 Å². The topological polar surface area (TPSA) is 39.1 Å². The number of benzene rings is 1. The Morgan fingerprint density at radius 1 is 1.40 bits per heavy atom. The van der Waals surface area contributed by atoms with Gasteiger partial charge in [0.1, 0.15) is 11.6 Å². The first-order chi connectivity index (χ1) is 9.88. The molecule has 106 valence electrons. The Hall–Kier alpha value is -1.81. The minimum Gasteiger partial charge on any atom is -0.493 e. The van der Waals surface area contributed by atoms with Crippen molar-refractivity contribution in [2.45, 2.75) is 32.4 Å². The normalized spacial score (nSPS) is 17.6. The van der Waals surface area contributed by atoms with E-state index in [-0.39, 0.29) is 0 Å². The summed E-state index contributed by atoms with van der Waals surface area (Å²) in [4.78, 5) is 4.44. The van der Waals surface area contributed by atoms with Gasteiger partial charge in [0.25, 0.3) is 0 Å². The molecular formula is C16H21N3O. The van der Waals surface area contributed by atoms with Gasteiger partial charge in [0.2, 0.25) is 0 Å². The molecule has 0 spiro atoms. The highest BCUT2D eigenvalue weighted by Crippen LogP contribution is 2.34. The van der Waals surface area contributed by atoms with E-state index in [4.69, 9.17) is 4.74 Å². The van der Waals surface area contributed by atoms with Crippen molar-refractivity contribution < 1.29 is 4.74 Å². The third kappa shape index (κ3) is 2.70. The van der Waals surface area contributed by atoms with E-state index >= 15 is 0 Å². The predicted octanol–water partition coefficient (Wildman–Crippen LogP) is 2.56. The fourth-order valence-corrected chi connectivity index (χ4v) is 2.75. The second-order valence-corrected chi connectivity index (χ2v) is 5.15. The number of nitrogens with zero attached hydrogens (tertiary/aromatic N) is 2. The van der Waals surface area contributed by atoms with Gasteiger partial charge in [0.15, 0.2) is 0 Å². The fraction of sp³-hybridized carbons (Fsp3) is 0.438. The molecule has 0 bridgehead atoms. The van der Waals surface area contributed by atoms with Crippen molar-refractivity contribution in [1.82, 2.24) is 14.9 Å². The third-order valence-electron chi connectivity index (χ3n) is 3.83. The maximum absolute atomic E-state index is 5.73. The lowest BCUT2D eigenvalue weighted by Gasteiger charge is -2.26. The summed E-state index contributed by atoms with van der Waals surface area (Å²) < 4.78 is 7.99. The standard InChI is InChI=1S/C16H21N3O/c1-2-17-11-16-18-8-9-19(16)12-13-7-10-20-15-6-4-3-5-14(13)15/h3-6,8-9,13,17H,2,7,10-12H2,1H3. The van der Waals surface area contributed by atoms with E-state index in [2.05, 4.69) is 46.2 Å². The number of aromatic nitrogens is 2. The SMILES string of the molecule is CCNCc1nccn1CC1CCOc2ccccc21. The molecule has 0 radical (unpaired) electrons. The van der Waals surface area contributed by atoms with Crippen LogP contribution in [0, 0.1) is 0 Å². The number of hydrogen-bond acceptors (Lipinski definition) is 3. The zero-order chi connectivity index (χ0) is 13.8. The number of para-hydroxylation sites is 1. The number of rotatable bonds is 5. The zero-order valence-corrected chi connectivity index (χ0v) is 11.9. The van der Waals surface area contributed by atoms with Crippen LogP contribution < -0.4 is 10.1 Å². The maximum Gasteiger partial charge on any atom is 0.122 e. The van der Waals surface area contributed by atoms with E-state index in [9.17, 15) is 0 Å². The van der Waals surface area contributed by atoms with Gasteiger partial charge >= 0.3 is 0 Å². The Morgan fingerprint density at radius 2 is 2.30 bits per heavy atom. The molecule has 0 saturated carbocycles. The molecule has 2 aromatic rings. The van der Waals surface area contributed by atoms with Crippen LogP contribution >= 0.6 is 0 Å². The molecule has 1 N–H and O–H groups in total. The summed E-state index contributed by atoms with van der Waals surface area (Å²) in [7, 11) is 0. The fourth-order valence-electron chi connectivity index (χ4n) is 2.75. The number of hydrogen-bond donors (Lipinski definition) is 1. The molecule has 20 heavy (non-hydrogen) atoms. The first-order valence-electron chi connectivity index (χ1n) is 7.31. The Labute approximate surface area is 119 Å². The lowest BCUT2D eigenvalue weighted by atomic mass is 9.93. The monoisotopic (exact) mass is 271 g/mol. The lowest BCUT2D eigenvalue weighted by Crippen LogP contribution is -2.21. The van der Waals surface area contributed by atoms with Crippen molar-refractivity contribution in [1.29, 1.82) is 0 Å². The van der Waals surface area contributed by atoms with Crippen molar-refractivity contribution in [3.05, 3.63) is 48.0 Å². The first kappa shape index (κ1) is 13.2. The summed E-state index contributed by atoms with van der Waals surface area (Å²) >= 11 is 0. The molecule has 0 fully saturated rings. The van der Waals surface area contributed by atoms with Crippen molar-refractivity contribution in [2.75, 3.05) is 13.2 Å². The van der Waals surface area contributed by atoms with Gasteiger partial charge in [-0.05, 0) is 24.6 Å². The highest BCUT2D eigenvalue weighted by molar-refractivity contribution is 5.37. The smallest absolute Gasteiger partial charge is 0.122 e.